The van der Waals surface area contributed by atoms with Gasteiger partial charge in [-0.3, -0.25) is 0 Å². The topological polar surface area (TPSA) is 39.1 Å². The van der Waals surface area contributed by atoms with Crippen molar-refractivity contribution in [3.05, 3.63) is 78.1 Å². The molecule has 116 valence electrons. The van der Waals surface area contributed by atoms with Crippen LogP contribution in [0.15, 0.2) is 67.0 Å². The van der Waals surface area contributed by atoms with Gasteiger partial charge in [0.15, 0.2) is 0 Å². The molecule has 4 nitrogen and oxygen atoms in total. The molecule has 1 aromatic heterocycles. The molecular formula is C19H19N3O. The lowest BCUT2D eigenvalue weighted by Gasteiger charge is -2.26. The number of nitrogens with one attached hydrogen (secondary N) is 1. The number of benzene rings is 2. The van der Waals surface area contributed by atoms with Crippen LogP contribution in [-0.2, 0) is 13.0 Å². The van der Waals surface area contributed by atoms with Crippen LogP contribution in [0, 0.1) is 0 Å². The summed E-state index contributed by atoms with van der Waals surface area (Å²) < 4.78 is 7.68. The Morgan fingerprint density at radius 3 is 2.78 bits per heavy atom. The number of rotatable bonds is 4. The molecule has 1 aliphatic heterocycles. The summed E-state index contributed by atoms with van der Waals surface area (Å²) in [5.74, 6) is 1.02. The second-order valence-electron chi connectivity index (χ2n) is 5.82. The van der Waals surface area contributed by atoms with E-state index < -0.39 is 0 Å². The Labute approximate surface area is 135 Å². The molecule has 0 aliphatic carbocycles. The maximum Gasteiger partial charge on any atom is 0.122 e. The van der Waals surface area contributed by atoms with Gasteiger partial charge in [-0.1, -0.05) is 30.3 Å². The zero-order valence-electron chi connectivity index (χ0n) is 12.9. The fourth-order valence-electron chi connectivity index (χ4n) is 2.91. The Hall–Kier alpha value is -2.59. The van der Waals surface area contributed by atoms with Crippen LogP contribution in [0.4, 0.5) is 0 Å². The first-order valence-corrected chi connectivity index (χ1v) is 7.91. The zero-order valence-corrected chi connectivity index (χ0v) is 12.9. The highest BCUT2D eigenvalue weighted by Gasteiger charge is 2.18. The minimum atomic E-state index is 0.357. The van der Waals surface area contributed by atoms with Crippen molar-refractivity contribution in [2.75, 3.05) is 6.61 Å². The number of fused-ring (bicyclic) bond motifs is 1. The SMILES string of the molecule is c1ccc2c(c1)C[C@H](NCc1ccc(-n3cccn3)cc1)CO2. The Morgan fingerprint density at radius 2 is 1.96 bits per heavy atom. The third-order valence-corrected chi connectivity index (χ3v) is 4.18. The third-order valence-electron chi connectivity index (χ3n) is 4.18. The third kappa shape index (κ3) is 3.12. The Morgan fingerprint density at radius 1 is 1.09 bits per heavy atom. The van der Waals surface area contributed by atoms with E-state index in [1.165, 1.54) is 11.1 Å². The van der Waals surface area contributed by atoms with E-state index in [2.05, 4.69) is 46.8 Å². The Kier molecular flexibility index (Phi) is 3.82. The van der Waals surface area contributed by atoms with Crippen molar-refractivity contribution in [1.29, 1.82) is 0 Å². The fraction of sp³-hybridized carbons (Fsp3) is 0.211. The molecule has 0 bridgehead atoms. The van der Waals surface area contributed by atoms with E-state index in [-0.39, 0.29) is 0 Å². The van der Waals surface area contributed by atoms with E-state index in [4.69, 9.17) is 4.74 Å². The van der Waals surface area contributed by atoms with Gasteiger partial charge in [0.05, 0.1) is 5.69 Å². The lowest BCUT2D eigenvalue weighted by Crippen LogP contribution is -2.38. The van der Waals surface area contributed by atoms with Crippen LogP contribution >= 0.6 is 0 Å². The van der Waals surface area contributed by atoms with Crippen molar-refractivity contribution < 1.29 is 4.74 Å². The number of hydrogen-bond acceptors (Lipinski definition) is 3. The molecule has 0 fully saturated rings. The van der Waals surface area contributed by atoms with Gasteiger partial charge in [0.1, 0.15) is 12.4 Å². The minimum absolute atomic E-state index is 0.357. The summed E-state index contributed by atoms with van der Waals surface area (Å²) in [6.45, 7) is 1.57. The number of para-hydroxylation sites is 1. The van der Waals surface area contributed by atoms with Gasteiger partial charge >= 0.3 is 0 Å². The molecule has 2 aromatic carbocycles. The van der Waals surface area contributed by atoms with Crippen molar-refractivity contribution in [3.8, 4) is 11.4 Å². The molecule has 0 saturated heterocycles. The van der Waals surface area contributed by atoms with Gasteiger partial charge in [0.2, 0.25) is 0 Å². The molecule has 0 amide bonds. The van der Waals surface area contributed by atoms with Gasteiger partial charge in [-0.05, 0) is 41.8 Å². The van der Waals surface area contributed by atoms with E-state index in [1.54, 1.807) is 6.20 Å². The summed E-state index contributed by atoms with van der Waals surface area (Å²) in [6.07, 6.45) is 4.75. The average molecular weight is 305 g/mol. The molecule has 1 N–H and O–H groups in total. The van der Waals surface area contributed by atoms with E-state index >= 15 is 0 Å². The lowest BCUT2D eigenvalue weighted by atomic mass is 10.0. The Bertz CT molecular complexity index is 766. The van der Waals surface area contributed by atoms with Gasteiger partial charge in [-0.2, -0.15) is 5.10 Å². The highest BCUT2D eigenvalue weighted by molar-refractivity contribution is 5.36. The predicted octanol–water partition coefficient (Wildman–Crippen LogP) is 2.97. The fourth-order valence-corrected chi connectivity index (χ4v) is 2.91. The number of ether oxygens (including phenoxy) is 1. The van der Waals surface area contributed by atoms with Crippen molar-refractivity contribution in [2.45, 2.75) is 19.0 Å². The van der Waals surface area contributed by atoms with E-state index in [0.717, 1.165) is 31.0 Å². The summed E-state index contributed by atoms with van der Waals surface area (Å²) in [5, 5.41) is 7.83. The molecule has 3 aromatic rings. The van der Waals surface area contributed by atoms with Gasteiger partial charge < -0.3 is 10.1 Å². The van der Waals surface area contributed by atoms with Crippen molar-refractivity contribution in [3.63, 3.8) is 0 Å². The monoisotopic (exact) mass is 305 g/mol. The number of nitrogens with zero attached hydrogens (tertiary/aromatic N) is 2. The van der Waals surface area contributed by atoms with E-state index in [9.17, 15) is 0 Å². The molecule has 0 spiro atoms. The lowest BCUT2D eigenvalue weighted by molar-refractivity contribution is 0.238. The quantitative estimate of drug-likeness (QED) is 0.805. The van der Waals surface area contributed by atoms with Crippen LogP contribution in [0.1, 0.15) is 11.1 Å². The first kappa shape index (κ1) is 14.0. The smallest absolute Gasteiger partial charge is 0.122 e. The number of aromatic nitrogens is 2. The first-order valence-electron chi connectivity index (χ1n) is 7.91. The molecule has 4 heteroatoms. The first-order chi connectivity index (χ1) is 11.4. The van der Waals surface area contributed by atoms with Crippen LogP contribution in [0.2, 0.25) is 0 Å². The number of hydrogen-bond donors (Lipinski definition) is 1. The second-order valence-corrected chi connectivity index (χ2v) is 5.82. The predicted molar refractivity (Wildman–Crippen MR) is 89.8 cm³/mol. The van der Waals surface area contributed by atoms with Gasteiger partial charge in [-0.25, -0.2) is 4.68 Å². The molecular weight excluding hydrogens is 286 g/mol. The summed E-state index contributed by atoms with van der Waals surface area (Å²) in [7, 11) is 0. The van der Waals surface area contributed by atoms with Gasteiger partial charge in [0, 0.05) is 25.0 Å². The standard InChI is InChI=1S/C19H19N3O/c1-2-5-19-16(4-1)12-17(14-23-19)20-13-15-6-8-18(9-7-15)22-11-3-10-21-22/h1-11,17,20H,12-14H2/t17-/m0/s1. The summed E-state index contributed by atoms with van der Waals surface area (Å²) >= 11 is 0. The highest BCUT2D eigenvalue weighted by atomic mass is 16.5. The van der Waals surface area contributed by atoms with Crippen LogP contribution in [-0.4, -0.2) is 22.4 Å². The van der Waals surface area contributed by atoms with Crippen molar-refractivity contribution >= 4 is 0 Å². The maximum absolute atomic E-state index is 5.82. The molecule has 23 heavy (non-hydrogen) atoms. The molecule has 2 heterocycles. The largest absolute Gasteiger partial charge is 0.492 e. The molecule has 0 saturated carbocycles. The Balaban J connectivity index is 1.36. The van der Waals surface area contributed by atoms with Gasteiger partial charge in [-0.15, -0.1) is 0 Å². The summed E-state index contributed by atoms with van der Waals surface area (Å²) in [6, 6.07) is 19.0. The van der Waals surface area contributed by atoms with Gasteiger partial charge in [0.25, 0.3) is 0 Å². The normalized spacial score (nSPS) is 16.6. The molecule has 1 aliphatic rings. The van der Waals surface area contributed by atoms with Crippen molar-refractivity contribution in [2.24, 2.45) is 0 Å². The average Bonchev–Trinajstić information content (AvgIpc) is 3.15. The summed E-state index contributed by atoms with van der Waals surface area (Å²) in [5.41, 5.74) is 3.62. The molecule has 0 radical (unpaired) electrons. The molecule has 1 atom stereocenters. The highest BCUT2D eigenvalue weighted by Crippen LogP contribution is 2.24. The van der Waals surface area contributed by atoms with E-state index in [1.807, 2.05) is 29.1 Å². The van der Waals surface area contributed by atoms with Crippen LogP contribution in [0.5, 0.6) is 5.75 Å². The summed E-state index contributed by atoms with van der Waals surface area (Å²) in [4.78, 5) is 0. The van der Waals surface area contributed by atoms with Crippen LogP contribution in [0.3, 0.4) is 0 Å². The van der Waals surface area contributed by atoms with Crippen LogP contribution < -0.4 is 10.1 Å². The van der Waals surface area contributed by atoms with E-state index in [0.29, 0.717) is 6.04 Å². The minimum Gasteiger partial charge on any atom is -0.492 e. The second kappa shape index (κ2) is 6.26. The molecule has 4 rings (SSSR count). The maximum atomic E-state index is 5.82. The zero-order chi connectivity index (χ0) is 15.5. The van der Waals surface area contributed by atoms with Crippen LogP contribution in [0.25, 0.3) is 5.69 Å². The molecule has 0 unspecified atom stereocenters. The van der Waals surface area contributed by atoms with Crippen molar-refractivity contribution in [1.82, 2.24) is 15.1 Å².